The zero-order valence-corrected chi connectivity index (χ0v) is 16.0. The van der Waals surface area contributed by atoms with Crippen LogP contribution in [0.2, 0.25) is 0 Å². The Labute approximate surface area is 158 Å². The lowest BCUT2D eigenvalue weighted by atomic mass is 9.99. The molecule has 2 aliphatic heterocycles. The molecule has 4 amide bonds. The molecule has 0 unspecified atom stereocenters. The first-order valence-corrected chi connectivity index (χ1v) is 9.13. The molecule has 1 aromatic rings. The van der Waals surface area contributed by atoms with Gasteiger partial charge in [-0.25, -0.2) is 9.69 Å². The number of nitrogens with zero attached hydrogens (tertiary/aromatic N) is 3. The number of unbranched alkanes of at least 4 members (excludes halogenated alkanes) is 1. The summed E-state index contributed by atoms with van der Waals surface area (Å²) in [6.07, 6.45) is 2.30. The van der Waals surface area contributed by atoms with Gasteiger partial charge in [-0.05, 0) is 36.1 Å². The molecule has 2 heterocycles. The number of imide groups is 2. The van der Waals surface area contributed by atoms with E-state index in [0.29, 0.717) is 31.0 Å². The molecular weight excluding hydrogens is 350 g/mol. The largest absolute Gasteiger partial charge is 0.493 e. The van der Waals surface area contributed by atoms with Crippen molar-refractivity contribution < 1.29 is 23.9 Å². The van der Waals surface area contributed by atoms with Crippen LogP contribution >= 0.6 is 0 Å². The predicted octanol–water partition coefficient (Wildman–Crippen LogP) is 1.61. The van der Waals surface area contributed by atoms with Crippen molar-refractivity contribution in [3.8, 4) is 11.5 Å². The number of hydrogen-bond donors (Lipinski definition) is 0. The molecule has 1 aromatic carbocycles. The van der Waals surface area contributed by atoms with E-state index < -0.39 is 17.8 Å². The molecule has 1 saturated heterocycles. The van der Waals surface area contributed by atoms with Crippen LogP contribution in [0, 0.1) is 0 Å². The second kappa shape index (κ2) is 7.96. The zero-order valence-electron chi connectivity index (χ0n) is 16.0. The number of rotatable bonds is 7. The maximum Gasteiger partial charge on any atom is 0.335 e. The number of carbonyl (C=O) groups is 3. The third-order valence-electron chi connectivity index (χ3n) is 5.01. The number of ether oxygens (including phenoxy) is 2. The van der Waals surface area contributed by atoms with Crippen LogP contribution < -0.4 is 9.47 Å². The second-order valence-corrected chi connectivity index (χ2v) is 6.75. The van der Waals surface area contributed by atoms with Crippen LogP contribution in [0.4, 0.5) is 4.79 Å². The number of urea groups is 1. The van der Waals surface area contributed by atoms with E-state index in [-0.39, 0.29) is 13.2 Å². The summed E-state index contributed by atoms with van der Waals surface area (Å²) in [5.41, 5.74) is 2.22. The number of carbonyl (C=O) groups excluding carboxylic acids is 3. The molecule has 8 nitrogen and oxygen atoms in total. The second-order valence-electron chi connectivity index (χ2n) is 6.75. The predicted molar refractivity (Wildman–Crippen MR) is 97.4 cm³/mol. The van der Waals surface area contributed by atoms with Gasteiger partial charge in [-0.2, -0.15) is 0 Å². The minimum atomic E-state index is -0.741. The molecule has 0 radical (unpaired) electrons. The fourth-order valence-electron chi connectivity index (χ4n) is 3.45. The van der Waals surface area contributed by atoms with Crippen molar-refractivity contribution in [1.82, 2.24) is 14.7 Å². The monoisotopic (exact) mass is 375 g/mol. The molecule has 0 atom stereocenters. The van der Waals surface area contributed by atoms with Gasteiger partial charge >= 0.3 is 17.8 Å². The Morgan fingerprint density at radius 3 is 2.22 bits per heavy atom. The average molecular weight is 375 g/mol. The van der Waals surface area contributed by atoms with Gasteiger partial charge in [0.2, 0.25) is 0 Å². The summed E-state index contributed by atoms with van der Waals surface area (Å²) >= 11 is 0. The maximum atomic E-state index is 12.5. The molecule has 0 aliphatic carbocycles. The van der Waals surface area contributed by atoms with Crippen molar-refractivity contribution in [3.63, 3.8) is 0 Å². The first-order chi connectivity index (χ1) is 13.0. The Morgan fingerprint density at radius 2 is 1.59 bits per heavy atom. The third kappa shape index (κ3) is 3.62. The van der Waals surface area contributed by atoms with E-state index in [1.165, 1.54) is 0 Å². The van der Waals surface area contributed by atoms with Crippen LogP contribution in [0.1, 0.15) is 30.9 Å². The van der Waals surface area contributed by atoms with Gasteiger partial charge in [0, 0.05) is 19.6 Å². The van der Waals surface area contributed by atoms with Gasteiger partial charge in [0.25, 0.3) is 0 Å². The van der Waals surface area contributed by atoms with Gasteiger partial charge in [-0.3, -0.25) is 19.4 Å². The van der Waals surface area contributed by atoms with E-state index in [1.54, 1.807) is 14.2 Å². The summed E-state index contributed by atoms with van der Waals surface area (Å²) in [5.74, 6) is -0.134. The highest BCUT2D eigenvalue weighted by Gasteiger charge is 2.44. The highest BCUT2D eigenvalue weighted by molar-refractivity contribution is 6.44. The molecule has 0 N–H and O–H groups in total. The Kier molecular flexibility index (Phi) is 5.65. The van der Waals surface area contributed by atoms with Crippen molar-refractivity contribution in [2.24, 2.45) is 0 Å². The third-order valence-corrected chi connectivity index (χ3v) is 5.01. The van der Waals surface area contributed by atoms with E-state index in [1.807, 2.05) is 24.0 Å². The van der Waals surface area contributed by atoms with Gasteiger partial charge in [-0.15, -0.1) is 0 Å². The zero-order chi connectivity index (χ0) is 19.6. The Morgan fingerprint density at radius 1 is 0.963 bits per heavy atom. The number of fused-ring (bicyclic) bond motifs is 1. The fraction of sp³-hybridized carbons (Fsp3) is 0.526. The maximum absolute atomic E-state index is 12.5. The van der Waals surface area contributed by atoms with Gasteiger partial charge < -0.3 is 9.47 Å². The molecule has 27 heavy (non-hydrogen) atoms. The molecule has 0 aromatic heterocycles. The molecule has 0 spiro atoms. The van der Waals surface area contributed by atoms with E-state index >= 15 is 0 Å². The quantitative estimate of drug-likeness (QED) is 0.532. The number of amides is 4. The lowest BCUT2D eigenvalue weighted by molar-refractivity contribution is -0.144. The van der Waals surface area contributed by atoms with Crippen LogP contribution in [0.15, 0.2) is 12.1 Å². The van der Waals surface area contributed by atoms with Crippen LogP contribution in [0.25, 0.3) is 0 Å². The number of benzene rings is 1. The van der Waals surface area contributed by atoms with Gasteiger partial charge in [-0.1, -0.05) is 13.3 Å². The Bertz CT molecular complexity index is 764. The summed E-state index contributed by atoms with van der Waals surface area (Å²) in [5, 5.41) is 0. The molecule has 3 rings (SSSR count). The van der Waals surface area contributed by atoms with Crippen molar-refractivity contribution in [2.75, 3.05) is 34.0 Å². The molecule has 146 valence electrons. The molecule has 0 bridgehead atoms. The van der Waals surface area contributed by atoms with Crippen LogP contribution in [-0.4, -0.2) is 66.5 Å². The summed E-state index contributed by atoms with van der Waals surface area (Å²) < 4.78 is 10.7. The summed E-state index contributed by atoms with van der Waals surface area (Å²) in [6.45, 7) is 3.62. The molecule has 1 fully saturated rings. The van der Waals surface area contributed by atoms with Crippen LogP contribution in [0.3, 0.4) is 0 Å². The van der Waals surface area contributed by atoms with E-state index in [0.717, 1.165) is 33.8 Å². The number of hydrogen-bond acceptors (Lipinski definition) is 6. The lowest BCUT2D eigenvalue weighted by Gasteiger charge is -2.31. The van der Waals surface area contributed by atoms with Crippen molar-refractivity contribution in [2.45, 2.75) is 32.7 Å². The van der Waals surface area contributed by atoms with E-state index in [2.05, 4.69) is 0 Å². The topological polar surface area (TPSA) is 79.4 Å². The minimum absolute atomic E-state index is 0.111. The van der Waals surface area contributed by atoms with Crippen molar-refractivity contribution in [1.29, 1.82) is 0 Å². The van der Waals surface area contributed by atoms with Gasteiger partial charge in [0.05, 0.1) is 20.9 Å². The van der Waals surface area contributed by atoms with Crippen LogP contribution in [-0.2, 0) is 22.6 Å². The highest BCUT2D eigenvalue weighted by atomic mass is 16.5. The molecule has 0 saturated carbocycles. The highest BCUT2D eigenvalue weighted by Crippen LogP contribution is 2.33. The van der Waals surface area contributed by atoms with Crippen molar-refractivity contribution in [3.05, 3.63) is 23.3 Å². The van der Waals surface area contributed by atoms with Gasteiger partial charge in [0.1, 0.15) is 0 Å². The molecular formula is C19H25N3O5. The minimum Gasteiger partial charge on any atom is -0.493 e. The summed E-state index contributed by atoms with van der Waals surface area (Å²) in [4.78, 5) is 40.9. The van der Waals surface area contributed by atoms with E-state index in [9.17, 15) is 14.4 Å². The smallest absolute Gasteiger partial charge is 0.335 e. The lowest BCUT2D eigenvalue weighted by Crippen LogP contribution is -2.44. The normalized spacial score (nSPS) is 17.5. The molecule has 8 heteroatoms. The average Bonchev–Trinajstić information content (AvgIpc) is 2.88. The summed E-state index contributed by atoms with van der Waals surface area (Å²) in [6, 6.07) is 3.37. The standard InChI is InChI=1S/C19H25N3O5/c1-4-5-7-21-17(23)18(24)22(19(21)25)12-20-8-6-13-9-15(26-2)16(27-3)10-14(13)11-20/h9-10H,4-8,11-12H2,1-3H3. The van der Waals surface area contributed by atoms with E-state index in [4.69, 9.17) is 9.47 Å². The van der Waals surface area contributed by atoms with Crippen LogP contribution in [0.5, 0.6) is 11.5 Å². The van der Waals surface area contributed by atoms with Crippen molar-refractivity contribution >= 4 is 17.8 Å². The number of methoxy groups -OCH3 is 2. The molecule has 2 aliphatic rings. The first-order valence-electron chi connectivity index (χ1n) is 9.13. The first kappa shape index (κ1) is 19.2. The summed E-state index contributed by atoms with van der Waals surface area (Å²) in [7, 11) is 3.19. The van der Waals surface area contributed by atoms with Gasteiger partial charge in [0.15, 0.2) is 11.5 Å². The fourth-order valence-corrected chi connectivity index (χ4v) is 3.45. The Balaban J connectivity index is 1.72. The Hall–Kier alpha value is -2.61. The SMILES string of the molecule is CCCCN1C(=O)C(=O)N(CN2CCc3cc(OC)c(OC)cc3C2)C1=O.